The number of hydrogen-bond acceptors (Lipinski definition) is 24. The van der Waals surface area contributed by atoms with Crippen molar-refractivity contribution in [2.75, 3.05) is 72.0 Å². The van der Waals surface area contributed by atoms with Gasteiger partial charge in [-0.3, -0.25) is 109 Å². The maximum atomic E-state index is 15.0. The summed E-state index contributed by atoms with van der Waals surface area (Å²) in [5, 5.41) is 90.2. The van der Waals surface area contributed by atoms with Gasteiger partial charge in [-0.05, 0) is 167 Å². The first-order chi connectivity index (χ1) is 58.7. The summed E-state index contributed by atoms with van der Waals surface area (Å²) in [4.78, 5) is 225. The monoisotopic (exact) mass is 1760 g/mol. The number of carbonyl (C=O) groups is 16. The number of likely N-dealkylation sites (tertiary alicyclic amines) is 2. The maximum Gasteiger partial charge on any atom is 0.246 e. The highest BCUT2D eigenvalue weighted by atomic mass is 16.2. The largest absolute Gasteiger partial charge is 0.370 e. The Kier molecular flexibility index (Phi) is 50.9. The molecular weight excluding hydrogens is 1630 g/mol. The molecule has 0 unspecified atom stereocenters. The zero-order valence-corrected chi connectivity index (χ0v) is 70.4. The van der Waals surface area contributed by atoms with E-state index in [9.17, 15) is 71.9 Å². The minimum atomic E-state index is -1.80. The highest BCUT2D eigenvalue weighted by Crippen LogP contribution is 2.27. The van der Waals surface area contributed by atoms with E-state index in [1.807, 2.05) is 0 Å². The Morgan fingerprint density at radius 1 is 0.315 bits per heavy atom. The molecule has 12 atom stereocenters. The summed E-state index contributed by atoms with van der Waals surface area (Å²) in [6.45, 7) is 0.975. The van der Waals surface area contributed by atoms with Gasteiger partial charge in [-0.2, -0.15) is 0 Å². The Morgan fingerprint density at radius 3 is 0.871 bits per heavy atom. The molecule has 0 saturated carbocycles. The van der Waals surface area contributed by atoms with Crippen molar-refractivity contribution < 1.29 is 76.7 Å². The van der Waals surface area contributed by atoms with Gasteiger partial charge < -0.3 is 163 Å². The third kappa shape index (κ3) is 44.0. The first kappa shape index (κ1) is 107. The Bertz CT molecular complexity index is 3650. The maximum absolute atomic E-state index is 15.0. The third-order valence-corrected chi connectivity index (χ3v) is 19.7. The second-order valence-corrected chi connectivity index (χ2v) is 29.8. The lowest BCUT2D eigenvalue weighted by Gasteiger charge is -2.33. The fraction of sp³-hybridized carbons (Fsp3) is 0.694. The van der Waals surface area contributed by atoms with E-state index in [4.69, 9.17) is 95.5 Å². The molecule has 52 heteroatoms. The van der Waals surface area contributed by atoms with E-state index < -0.39 is 216 Å². The van der Waals surface area contributed by atoms with Gasteiger partial charge in [-0.25, -0.2) is 0 Å². The molecule has 0 aliphatic carbocycles. The van der Waals surface area contributed by atoms with Crippen molar-refractivity contribution in [3.05, 3.63) is 0 Å². The Balaban J connectivity index is 2.76. The van der Waals surface area contributed by atoms with Gasteiger partial charge in [0.25, 0.3) is 0 Å². The van der Waals surface area contributed by atoms with Crippen molar-refractivity contribution in [3.8, 4) is 0 Å². The van der Waals surface area contributed by atoms with Crippen LogP contribution in [-0.2, 0) is 76.7 Å². The summed E-state index contributed by atoms with van der Waals surface area (Å²) in [5.41, 5.74) is 61.4. The molecule has 124 heavy (non-hydrogen) atoms. The minimum Gasteiger partial charge on any atom is -0.370 e. The lowest BCUT2D eigenvalue weighted by atomic mass is 10.0. The van der Waals surface area contributed by atoms with Crippen LogP contribution in [0.15, 0.2) is 0 Å². The number of amides is 16. The highest BCUT2D eigenvalue weighted by molar-refractivity contribution is 6.01. The molecule has 2 heterocycles. The third-order valence-electron chi connectivity index (χ3n) is 19.7. The van der Waals surface area contributed by atoms with E-state index in [0.717, 1.165) is 0 Å². The average Bonchev–Trinajstić information content (AvgIpc) is 1.65. The van der Waals surface area contributed by atoms with Crippen LogP contribution in [0.2, 0.25) is 0 Å². The molecule has 45 N–H and O–H groups in total. The Labute approximate surface area is 718 Å². The van der Waals surface area contributed by atoms with Gasteiger partial charge in [-0.1, -0.05) is 0 Å². The molecule has 698 valence electrons. The number of hydrogen-bond donors (Lipinski definition) is 34. The topological polar surface area (TPSA) is 913 Å². The SMILES string of the molecule is CC(=O)NCC(=O)N[C@@H](CCCNC(=N)N)C(=O)N[C@@H](CCCCN)C(=O)N[C@@H](CCCCN)C(=O)N[C@@H](CCCNC(=N)N)C(=O)N[C@@H](CCCNC(=N)N)C(=O)N[C@@H](CCC(N)=O)C(=O)N[C@@H](CCCNC(=N)N)C(=O)N[C@@H](CCCNC(=N)N)C(=O)N[C@@H](CCCNC(=N)N)C(=O)N1CCC[C@H]1C(=O)N1CCC[C@H]1C(=O)N[C@@H](CCC(N)=O)C(N)=O. The van der Waals surface area contributed by atoms with Crippen molar-refractivity contribution in [1.82, 2.24) is 100 Å². The molecule has 52 nitrogen and oxygen atoms in total. The summed E-state index contributed by atoms with van der Waals surface area (Å²) in [7, 11) is 0. The number of rotatable bonds is 62. The average molecular weight is 1760 g/mol. The second-order valence-electron chi connectivity index (χ2n) is 29.8. The van der Waals surface area contributed by atoms with Gasteiger partial charge in [0.2, 0.25) is 94.5 Å². The standard InChI is InChI=1S/C72H134N36O16/c1-39(109)96-38-54(112)97-41(16-6-30-90-67(78)79)56(114)99-42(14-2-4-28-73)57(115)100-43(15-3-5-29-74)58(116)101-44(17-7-31-91-68(80)81)59(117)102-46(19-9-33-93-70(84)85)61(119)105-48(25-27-53(76)111)63(121)104-45(18-8-32-92-69(82)83)60(118)103-47(20-10-34-94-71(86)87)62(120)106-49(21-11-35-95-72(88)89)65(123)108-37-13-23-51(108)66(124)107-36-12-22-50(107)64(122)98-40(55(77)113)24-26-52(75)110/h40-51H,2-38,73-74H2,1H3,(H2,75,110)(H2,76,111)(H2,77,113)(H,96,109)(H,97,112)(H,98,122)(H,99,114)(H,100,115)(H,101,116)(H,102,117)(H,103,118)(H,104,121)(H,105,119)(H,106,120)(H4,78,79,90)(H4,80,81,91)(H4,82,83,92)(H4,84,85,93)(H4,86,87,94)(H4,88,89,95)/t40-,41-,42-,43-,44-,45-,46-,47-,48-,49-,50-,51-/m0/s1. The fourth-order valence-electron chi connectivity index (χ4n) is 13.3. The van der Waals surface area contributed by atoms with Crippen molar-refractivity contribution in [1.29, 1.82) is 32.5 Å². The van der Waals surface area contributed by atoms with Crippen LogP contribution in [0.5, 0.6) is 0 Å². The molecule has 0 aromatic heterocycles. The van der Waals surface area contributed by atoms with E-state index in [2.05, 4.69) is 90.4 Å². The van der Waals surface area contributed by atoms with E-state index in [1.54, 1.807) is 0 Å². The molecule has 2 rings (SSSR count). The van der Waals surface area contributed by atoms with E-state index >= 15 is 4.79 Å². The van der Waals surface area contributed by atoms with Crippen LogP contribution in [0.4, 0.5) is 0 Å². The number of guanidine groups is 6. The number of primary amides is 3. The molecule has 0 bridgehead atoms. The number of carbonyl (C=O) groups excluding carboxylic acids is 16. The number of unbranched alkanes of at least 4 members (excludes halogenated alkanes) is 2. The van der Waals surface area contributed by atoms with Gasteiger partial charge >= 0.3 is 0 Å². The van der Waals surface area contributed by atoms with Crippen LogP contribution >= 0.6 is 0 Å². The lowest BCUT2D eigenvalue weighted by Crippen LogP contribution is -2.61. The van der Waals surface area contributed by atoms with Crippen molar-refractivity contribution >= 4 is 130 Å². The van der Waals surface area contributed by atoms with Crippen LogP contribution < -0.4 is 153 Å². The lowest BCUT2D eigenvalue weighted by molar-refractivity contribution is -0.148. The Hall–Kier alpha value is -12.9. The van der Waals surface area contributed by atoms with Gasteiger partial charge in [0.05, 0.1) is 6.54 Å². The molecule has 0 spiro atoms. The van der Waals surface area contributed by atoms with Crippen LogP contribution in [0.1, 0.15) is 174 Å². The molecule has 0 aromatic carbocycles. The zero-order chi connectivity index (χ0) is 93.0. The van der Waals surface area contributed by atoms with Crippen LogP contribution in [-0.4, -0.2) is 285 Å². The molecule has 0 radical (unpaired) electrons. The molecule has 2 aliphatic heterocycles. The van der Waals surface area contributed by atoms with Crippen LogP contribution in [0.3, 0.4) is 0 Å². The molecule has 2 saturated heterocycles. The quantitative estimate of drug-likeness (QED) is 0.0153. The molecular formula is C72H134N36O16. The molecule has 2 fully saturated rings. The second kappa shape index (κ2) is 58.9. The minimum absolute atomic E-state index is 0.000204. The Morgan fingerprint density at radius 2 is 0.581 bits per heavy atom. The fourth-order valence-corrected chi connectivity index (χ4v) is 13.3. The summed E-state index contributed by atoms with van der Waals surface area (Å²) in [5.74, 6) is -16.7. The predicted octanol–water partition coefficient (Wildman–Crippen LogP) is -12.2. The highest BCUT2D eigenvalue weighted by Gasteiger charge is 2.45. The van der Waals surface area contributed by atoms with E-state index in [1.165, 1.54) is 16.7 Å². The van der Waals surface area contributed by atoms with Gasteiger partial charge in [0.15, 0.2) is 35.8 Å². The number of nitrogens with one attached hydrogen (secondary N) is 23. The summed E-state index contributed by atoms with van der Waals surface area (Å²) < 4.78 is 0. The van der Waals surface area contributed by atoms with Crippen molar-refractivity contribution in [2.45, 2.75) is 246 Å². The van der Waals surface area contributed by atoms with E-state index in [0.29, 0.717) is 25.7 Å². The van der Waals surface area contributed by atoms with E-state index in [-0.39, 0.29) is 200 Å². The molecule has 0 aromatic rings. The first-order valence-electron chi connectivity index (χ1n) is 41.3. The summed E-state index contributed by atoms with van der Waals surface area (Å²) in [6, 6.07) is -17.5. The zero-order valence-electron chi connectivity index (χ0n) is 70.4. The normalized spacial score (nSPS) is 15.7. The predicted molar refractivity (Wildman–Crippen MR) is 454 cm³/mol. The smallest absolute Gasteiger partial charge is 0.246 e. The summed E-state index contributed by atoms with van der Waals surface area (Å²) >= 11 is 0. The van der Waals surface area contributed by atoms with Crippen molar-refractivity contribution in [3.63, 3.8) is 0 Å². The number of nitrogens with zero attached hydrogens (tertiary/aromatic N) is 2. The van der Waals surface area contributed by atoms with Gasteiger partial charge in [-0.15, -0.1) is 0 Å². The first-order valence-corrected chi connectivity index (χ1v) is 41.3. The van der Waals surface area contributed by atoms with Crippen LogP contribution in [0, 0.1) is 32.5 Å². The molecule has 2 aliphatic rings. The van der Waals surface area contributed by atoms with Gasteiger partial charge in [0.1, 0.15) is 72.5 Å². The van der Waals surface area contributed by atoms with Crippen molar-refractivity contribution in [2.24, 2.45) is 63.1 Å². The summed E-state index contributed by atoms with van der Waals surface area (Å²) in [6.07, 6.45) is -0.796. The molecule has 16 amide bonds. The van der Waals surface area contributed by atoms with Gasteiger partial charge in [0, 0.05) is 72.1 Å². The number of nitrogens with two attached hydrogens (primary N) is 11. The van der Waals surface area contributed by atoms with Crippen LogP contribution in [0.25, 0.3) is 0 Å².